The van der Waals surface area contributed by atoms with Gasteiger partial charge in [0.2, 0.25) is 0 Å². The van der Waals surface area contributed by atoms with Crippen LogP contribution in [-0.2, 0) is 9.57 Å². The maximum absolute atomic E-state index is 6.18. The summed E-state index contributed by atoms with van der Waals surface area (Å²) < 4.78 is 6.18. The Morgan fingerprint density at radius 2 is 0.903 bits per heavy atom. The third-order valence-corrected chi connectivity index (χ3v) is 6.25. The molecule has 3 nitrogen and oxygen atoms in total. The first kappa shape index (κ1) is 30.9. The highest BCUT2D eigenvalue weighted by molar-refractivity contribution is 4.58. The molecule has 0 amide bonds. The normalized spacial score (nSPS) is 12.7. The van der Waals surface area contributed by atoms with Gasteiger partial charge in [-0.3, -0.25) is 4.84 Å². The molecule has 0 aromatic carbocycles. The molecule has 0 aromatic heterocycles. The molecule has 0 rings (SSSR count). The highest BCUT2D eigenvalue weighted by atomic mass is 16.7. The third-order valence-electron chi connectivity index (χ3n) is 6.25. The van der Waals surface area contributed by atoms with Crippen molar-refractivity contribution in [1.29, 1.82) is 0 Å². The van der Waals surface area contributed by atoms with Gasteiger partial charge >= 0.3 is 0 Å². The Bertz CT molecular complexity index is 322. The lowest BCUT2D eigenvalue weighted by atomic mass is 10.0. The zero-order valence-corrected chi connectivity index (χ0v) is 22.1. The summed E-state index contributed by atoms with van der Waals surface area (Å²) in [4.78, 5) is 5.68. The number of hydrogen-bond donors (Lipinski definition) is 0. The number of ether oxygens (including phenoxy) is 1. The Balaban J connectivity index is 3.51. The average Bonchev–Trinajstić information content (AvgIpc) is 2.76. The Morgan fingerprint density at radius 3 is 1.32 bits per heavy atom. The fraction of sp³-hybridized carbons (Fsp3) is 1.00. The van der Waals surface area contributed by atoms with Gasteiger partial charge in [0.15, 0.2) is 0 Å². The molecular formula is C28H59NO2. The quantitative estimate of drug-likeness (QED) is 0.0986. The molecule has 1 atom stereocenters. The maximum atomic E-state index is 6.18. The summed E-state index contributed by atoms with van der Waals surface area (Å²) in [5.74, 6) is 0. The summed E-state index contributed by atoms with van der Waals surface area (Å²) in [6.45, 7) is 6.16. The van der Waals surface area contributed by atoms with Crippen molar-refractivity contribution in [2.45, 2.75) is 155 Å². The molecule has 31 heavy (non-hydrogen) atoms. The van der Waals surface area contributed by atoms with Gasteiger partial charge in [0.25, 0.3) is 0 Å². The van der Waals surface area contributed by atoms with Gasteiger partial charge in [-0.1, -0.05) is 136 Å². The van der Waals surface area contributed by atoms with Crippen molar-refractivity contribution in [1.82, 2.24) is 5.06 Å². The van der Waals surface area contributed by atoms with Gasteiger partial charge in [-0.15, -0.1) is 0 Å². The molecule has 0 aliphatic carbocycles. The van der Waals surface area contributed by atoms with Crippen molar-refractivity contribution >= 4 is 0 Å². The zero-order valence-electron chi connectivity index (χ0n) is 22.1. The minimum absolute atomic E-state index is 0.260. The number of rotatable bonds is 26. The van der Waals surface area contributed by atoms with Gasteiger partial charge in [0, 0.05) is 20.7 Å². The minimum Gasteiger partial charge on any atom is -0.376 e. The van der Waals surface area contributed by atoms with Crippen LogP contribution in [0, 0.1) is 0 Å². The zero-order chi connectivity index (χ0) is 22.8. The van der Waals surface area contributed by atoms with Crippen molar-refractivity contribution < 1.29 is 9.57 Å². The van der Waals surface area contributed by atoms with Crippen molar-refractivity contribution in [3.8, 4) is 0 Å². The molecule has 0 N–H and O–H groups in total. The third kappa shape index (κ3) is 26.0. The first-order valence-electron chi connectivity index (χ1n) is 14.1. The molecule has 0 spiro atoms. The van der Waals surface area contributed by atoms with Gasteiger partial charge in [-0.25, -0.2) is 0 Å². The topological polar surface area (TPSA) is 21.7 Å². The summed E-state index contributed by atoms with van der Waals surface area (Å²) in [7, 11) is 3.91. The van der Waals surface area contributed by atoms with Crippen molar-refractivity contribution in [3.05, 3.63) is 0 Å². The minimum atomic E-state index is 0.260. The van der Waals surface area contributed by atoms with Crippen LogP contribution in [-0.4, -0.2) is 38.5 Å². The summed E-state index contributed by atoms with van der Waals surface area (Å²) in [6.07, 6.45) is 29.1. The van der Waals surface area contributed by atoms with E-state index in [1.807, 2.05) is 14.1 Å². The molecule has 0 bridgehead atoms. The molecule has 0 saturated carbocycles. The van der Waals surface area contributed by atoms with Gasteiger partial charge in [0.05, 0.1) is 12.7 Å². The number of hydrogen-bond acceptors (Lipinski definition) is 3. The van der Waals surface area contributed by atoms with Crippen LogP contribution >= 0.6 is 0 Å². The van der Waals surface area contributed by atoms with E-state index in [2.05, 4.69) is 13.8 Å². The monoisotopic (exact) mass is 441 g/mol. The van der Waals surface area contributed by atoms with Crippen LogP contribution in [0.3, 0.4) is 0 Å². The van der Waals surface area contributed by atoms with Gasteiger partial charge in [0.1, 0.15) is 0 Å². The van der Waals surface area contributed by atoms with E-state index in [1.54, 1.807) is 5.06 Å². The molecular weight excluding hydrogens is 382 g/mol. The molecule has 0 heterocycles. The van der Waals surface area contributed by atoms with Crippen LogP contribution in [0.5, 0.6) is 0 Å². The first-order chi connectivity index (χ1) is 15.2. The number of hydroxylamine groups is 2. The van der Waals surface area contributed by atoms with Crippen LogP contribution in [0.4, 0.5) is 0 Å². The summed E-state index contributed by atoms with van der Waals surface area (Å²) in [5.41, 5.74) is 0. The van der Waals surface area contributed by atoms with E-state index in [0.717, 1.165) is 13.0 Å². The van der Waals surface area contributed by atoms with Gasteiger partial charge in [-0.2, -0.15) is 5.06 Å². The molecule has 3 heteroatoms. The highest BCUT2D eigenvalue weighted by Crippen LogP contribution is 2.14. The summed E-state index contributed by atoms with van der Waals surface area (Å²) in [5, 5.41) is 1.80. The standard InChI is InChI=1S/C28H59NO2/c1-5-7-9-11-13-14-15-16-17-18-19-20-22-24-26-30-28(27-31-29(3)4)25-23-21-12-10-8-6-2/h28H,5-27H2,1-4H3. The van der Waals surface area contributed by atoms with E-state index >= 15 is 0 Å². The van der Waals surface area contributed by atoms with E-state index in [0.29, 0.717) is 6.61 Å². The Labute approximate surface area is 197 Å². The lowest BCUT2D eigenvalue weighted by Crippen LogP contribution is -2.25. The van der Waals surface area contributed by atoms with E-state index < -0.39 is 0 Å². The molecule has 1 unspecified atom stereocenters. The molecule has 0 radical (unpaired) electrons. The lowest BCUT2D eigenvalue weighted by molar-refractivity contribution is -0.155. The second kappa shape index (κ2) is 26.1. The number of nitrogens with zero attached hydrogens (tertiary/aromatic N) is 1. The Kier molecular flexibility index (Phi) is 26.0. The van der Waals surface area contributed by atoms with Crippen molar-refractivity contribution in [3.63, 3.8) is 0 Å². The second-order valence-electron chi connectivity index (χ2n) is 9.75. The van der Waals surface area contributed by atoms with Crippen LogP contribution < -0.4 is 0 Å². The van der Waals surface area contributed by atoms with Crippen LogP contribution in [0.15, 0.2) is 0 Å². The highest BCUT2D eigenvalue weighted by Gasteiger charge is 2.10. The van der Waals surface area contributed by atoms with Gasteiger partial charge < -0.3 is 4.74 Å². The van der Waals surface area contributed by atoms with E-state index in [9.17, 15) is 0 Å². The Morgan fingerprint density at radius 1 is 0.516 bits per heavy atom. The fourth-order valence-electron chi connectivity index (χ4n) is 4.15. The molecule has 188 valence electrons. The van der Waals surface area contributed by atoms with E-state index in [-0.39, 0.29) is 6.10 Å². The first-order valence-corrected chi connectivity index (χ1v) is 14.1. The Hall–Kier alpha value is -0.120. The average molecular weight is 442 g/mol. The molecule has 0 aliphatic heterocycles. The SMILES string of the molecule is CCCCCCCCCCCCCCCCOC(CCCCCCCC)CON(C)C. The fourth-order valence-corrected chi connectivity index (χ4v) is 4.15. The molecule has 0 aromatic rings. The maximum Gasteiger partial charge on any atom is 0.0946 e. The summed E-state index contributed by atoms with van der Waals surface area (Å²) >= 11 is 0. The van der Waals surface area contributed by atoms with Crippen molar-refractivity contribution in [2.24, 2.45) is 0 Å². The van der Waals surface area contributed by atoms with Crippen LogP contribution in [0.2, 0.25) is 0 Å². The molecule has 0 saturated heterocycles. The second-order valence-corrected chi connectivity index (χ2v) is 9.75. The molecule has 0 aliphatic rings. The van der Waals surface area contributed by atoms with Crippen LogP contribution in [0.25, 0.3) is 0 Å². The predicted molar refractivity (Wildman–Crippen MR) is 138 cm³/mol. The smallest absolute Gasteiger partial charge is 0.0946 e. The molecule has 0 fully saturated rings. The largest absolute Gasteiger partial charge is 0.376 e. The van der Waals surface area contributed by atoms with Crippen LogP contribution in [0.1, 0.15) is 149 Å². The lowest BCUT2D eigenvalue weighted by Gasteiger charge is -2.20. The number of unbranched alkanes of at least 4 members (excludes halogenated alkanes) is 18. The summed E-state index contributed by atoms with van der Waals surface area (Å²) in [6, 6.07) is 0. The predicted octanol–water partition coefficient (Wildman–Crippen LogP) is 9.10. The van der Waals surface area contributed by atoms with E-state index in [1.165, 1.54) is 128 Å². The van der Waals surface area contributed by atoms with Crippen molar-refractivity contribution in [2.75, 3.05) is 27.3 Å². The van der Waals surface area contributed by atoms with E-state index in [4.69, 9.17) is 9.57 Å². The van der Waals surface area contributed by atoms with Gasteiger partial charge in [-0.05, 0) is 12.8 Å².